The topological polar surface area (TPSA) is 60.2 Å². The molecule has 1 fully saturated rings. The first kappa shape index (κ1) is 13.9. The van der Waals surface area contributed by atoms with E-state index in [0.717, 1.165) is 31.1 Å². The van der Waals surface area contributed by atoms with Gasteiger partial charge in [-0.05, 0) is 13.3 Å². The lowest BCUT2D eigenvalue weighted by Gasteiger charge is -2.59. The van der Waals surface area contributed by atoms with Crippen LogP contribution in [0.5, 0.6) is 0 Å². The van der Waals surface area contributed by atoms with Gasteiger partial charge in [0.05, 0.1) is 6.10 Å². The Morgan fingerprint density at radius 1 is 1.61 bits per heavy atom. The first-order chi connectivity index (χ1) is 8.49. The summed E-state index contributed by atoms with van der Waals surface area (Å²) in [5, 5.41) is 6.52. The van der Waals surface area contributed by atoms with Gasteiger partial charge >= 0.3 is 0 Å². The first-order valence-electron chi connectivity index (χ1n) is 6.49. The number of aromatic nitrogens is 1. The molecule has 0 spiro atoms. The lowest BCUT2D eigenvalue weighted by molar-refractivity contribution is -0.148. The Labute approximate surface area is 113 Å². The highest BCUT2D eigenvalue weighted by Gasteiger charge is 2.58. The molecule has 1 aliphatic rings. The molecule has 0 bridgehead atoms. The average molecular weight is 269 g/mol. The van der Waals surface area contributed by atoms with Crippen molar-refractivity contribution in [3.05, 3.63) is 16.6 Å². The predicted molar refractivity (Wildman–Crippen MR) is 74.6 cm³/mol. The maximum Gasteiger partial charge on any atom is 0.106 e. The Morgan fingerprint density at radius 2 is 2.39 bits per heavy atom. The van der Waals surface area contributed by atoms with E-state index in [-0.39, 0.29) is 17.1 Å². The third-order valence-corrected chi connectivity index (χ3v) is 4.99. The molecule has 102 valence electrons. The van der Waals surface area contributed by atoms with Crippen molar-refractivity contribution < 1.29 is 4.74 Å². The van der Waals surface area contributed by atoms with Crippen molar-refractivity contribution >= 4 is 11.3 Å². The molecule has 2 atom stereocenters. The van der Waals surface area contributed by atoms with Crippen molar-refractivity contribution in [1.29, 1.82) is 0 Å². The van der Waals surface area contributed by atoms with Gasteiger partial charge in [-0.2, -0.15) is 0 Å². The predicted octanol–water partition coefficient (Wildman–Crippen LogP) is 1.77. The van der Waals surface area contributed by atoms with Gasteiger partial charge in [0.1, 0.15) is 5.01 Å². The van der Waals surface area contributed by atoms with Gasteiger partial charge in [0.25, 0.3) is 0 Å². The van der Waals surface area contributed by atoms with E-state index in [2.05, 4.69) is 24.1 Å². The number of ether oxygens (including phenoxy) is 1. The van der Waals surface area contributed by atoms with Gasteiger partial charge in [0, 0.05) is 42.2 Å². The fraction of sp³-hybridized carbons (Fsp3) is 0.769. The molecular formula is C13H23N3OS. The Bertz CT molecular complexity index is 380. The molecule has 2 rings (SSSR count). The molecule has 0 amide bonds. The second kappa shape index (κ2) is 5.25. The largest absolute Gasteiger partial charge is 0.378 e. The van der Waals surface area contributed by atoms with E-state index < -0.39 is 0 Å². The number of nitrogens with zero attached hydrogens (tertiary/aromatic N) is 1. The van der Waals surface area contributed by atoms with E-state index >= 15 is 0 Å². The standard InChI is InChI=1S/C13H23N3OS/c1-4-17-10-7-13(14,12(10,2)3)9-15-8-11-16-5-6-18-11/h5-6,10,15H,4,7-9,14H2,1-3H3. The van der Waals surface area contributed by atoms with Crippen LogP contribution in [0.4, 0.5) is 0 Å². The SMILES string of the molecule is CCOC1CC(N)(CNCc2nccs2)C1(C)C. The zero-order valence-electron chi connectivity index (χ0n) is 11.4. The molecular weight excluding hydrogens is 246 g/mol. The fourth-order valence-corrected chi connectivity index (χ4v) is 3.13. The molecule has 1 heterocycles. The molecule has 1 saturated carbocycles. The van der Waals surface area contributed by atoms with Crippen LogP contribution in [0.1, 0.15) is 32.2 Å². The van der Waals surface area contributed by atoms with E-state index in [1.807, 2.05) is 18.5 Å². The summed E-state index contributed by atoms with van der Waals surface area (Å²) in [6.45, 7) is 8.79. The van der Waals surface area contributed by atoms with E-state index in [1.54, 1.807) is 11.3 Å². The Hall–Kier alpha value is -0.490. The van der Waals surface area contributed by atoms with E-state index in [4.69, 9.17) is 10.5 Å². The summed E-state index contributed by atoms with van der Waals surface area (Å²) in [5.41, 5.74) is 6.33. The summed E-state index contributed by atoms with van der Waals surface area (Å²) in [6.07, 6.45) is 3.05. The van der Waals surface area contributed by atoms with Crippen LogP contribution in [-0.4, -0.2) is 29.8 Å². The van der Waals surface area contributed by atoms with Gasteiger partial charge in [0.15, 0.2) is 0 Å². The van der Waals surface area contributed by atoms with Crippen molar-refractivity contribution in [3.8, 4) is 0 Å². The van der Waals surface area contributed by atoms with E-state index in [9.17, 15) is 0 Å². The second-order valence-corrected chi connectivity index (χ2v) is 6.53. The van der Waals surface area contributed by atoms with Crippen molar-refractivity contribution in [2.24, 2.45) is 11.1 Å². The molecule has 2 unspecified atom stereocenters. The number of rotatable bonds is 6. The number of hydrogen-bond donors (Lipinski definition) is 2. The molecule has 1 aromatic rings. The highest BCUT2D eigenvalue weighted by Crippen LogP contribution is 2.49. The lowest BCUT2D eigenvalue weighted by Crippen LogP contribution is -2.73. The molecule has 18 heavy (non-hydrogen) atoms. The average Bonchev–Trinajstić information content (AvgIpc) is 2.82. The van der Waals surface area contributed by atoms with Crippen LogP contribution < -0.4 is 11.1 Å². The molecule has 1 aliphatic carbocycles. The van der Waals surface area contributed by atoms with Gasteiger partial charge in [-0.25, -0.2) is 4.98 Å². The molecule has 0 radical (unpaired) electrons. The van der Waals surface area contributed by atoms with Gasteiger partial charge in [-0.15, -0.1) is 11.3 Å². The Balaban J connectivity index is 1.82. The zero-order valence-corrected chi connectivity index (χ0v) is 12.2. The summed E-state index contributed by atoms with van der Waals surface area (Å²) in [5.74, 6) is 0. The van der Waals surface area contributed by atoms with Crippen molar-refractivity contribution in [3.63, 3.8) is 0 Å². The molecule has 3 N–H and O–H groups in total. The maximum absolute atomic E-state index is 6.48. The lowest BCUT2D eigenvalue weighted by atomic mass is 9.54. The Kier molecular flexibility index (Phi) is 4.06. The number of nitrogens with one attached hydrogen (secondary N) is 1. The first-order valence-corrected chi connectivity index (χ1v) is 7.37. The molecule has 4 nitrogen and oxygen atoms in total. The summed E-state index contributed by atoms with van der Waals surface area (Å²) < 4.78 is 5.72. The van der Waals surface area contributed by atoms with Crippen LogP contribution in [0.15, 0.2) is 11.6 Å². The van der Waals surface area contributed by atoms with Crippen LogP contribution in [0.25, 0.3) is 0 Å². The highest BCUT2D eigenvalue weighted by molar-refractivity contribution is 7.09. The zero-order chi connectivity index (χ0) is 13.2. The smallest absolute Gasteiger partial charge is 0.106 e. The third-order valence-electron chi connectivity index (χ3n) is 4.21. The fourth-order valence-electron chi connectivity index (χ4n) is 2.54. The van der Waals surface area contributed by atoms with Crippen LogP contribution in [-0.2, 0) is 11.3 Å². The molecule has 0 aliphatic heterocycles. The van der Waals surface area contributed by atoms with Crippen LogP contribution in [0.3, 0.4) is 0 Å². The van der Waals surface area contributed by atoms with Crippen LogP contribution >= 0.6 is 11.3 Å². The van der Waals surface area contributed by atoms with Gasteiger partial charge in [-0.3, -0.25) is 0 Å². The number of hydrogen-bond acceptors (Lipinski definition) is 5. The van der Waals surface area contributed by atoms with E-state index in [1.165, 1.54) is 0 Å². The molecule has 1 aromatic heterocycles. The third kappa shape index (κ3) is 2.45. The van der Waals surface area contributed by atoms with Gasteiger partial charge < -0.3 is 15.8 Å². The summed E-state index contributed by atoms with van der Waals surface area (Å²) >= 11 is 1.67. The molecule has 0 saturated heterocycles. The van der Waals surface area contributed by atoms with Crippen molar-refractivity contribution in [2.75, 3.05) is 13.2 Å². The van der Waals surface area contributed by atoms with Crippen LogP contribution in [0.2, 0.25) is 0 Å². The minimum atomic E-state index is -0.176. The minimum absolute atomic E-state index is 0.0267. The van der Waals surface area contributed by atoms with Gasteiger partial charge in [0.2, 0.25) is 0 Å². The second-order valence-electron chi connectivity index (χ2n) is 5.56. The van der Waals surface area contributed by atoms with Crippen molar-refractivity contribution in [1.82, 2.24) is 10.3 Å². The van der Waals surface area contributed by atoms with Gasteiger partial charge in [-0.1, -0.05) is 13.8 Å². The summed E-state index contributed by atoms with van der Waals surface area (Å²) in [6, 6.07) is 0. The van der Waals surface area contributed by atoms with Crippen molar-refractivity contribution in [2.45, 2.75) is 45.4 Å². The normalized spacial score (nSPS) is 30.1. The molecule has 0 aromatic carbocycles. The minimum Gasteiger partial charge on any atom is -0.378 e. The Morgan fingerprint density at radius 3 is 2.94 bits per heavy atom. The number of thiazole rings is 1. The number of nitrogens with two attached hydrogens (primary N) is 1. The molecule has 5 heteroatoms. The van der Waals surface area contributed by atoms with Crippen LogP contribution in [0, 0.1) is 5.41 Å². The maximum atomic E-state index is 6.48. The summed E-state index contributed by atoms with van der Waals surface area (Å²) in [7, 11) is 0. The quantitative estimate of drug-likeness (QED) is 0.826. The summed E-state index contributed by atoms with van der Waals surface area (Å²) in [4.78, 5) is 4.25. The van der Waals surface area contributed by atoms with E-state index in [0.29, 0.717) is 0 Å². The highest BCUT2D eigenvalue weighted by atomic mass is 32.1. The monoisotopic (exact) mass is 269 g/mol.